The summed E-state index contributed by atoms with van der Waals surface area (Å²) in [7, 11) is 0. The van der Waals surface area contributed by atoms with E-state index in [1.54, 1.807) is 0 Å². The third-order valence-electron chi connectivity index (χ3n) is 4.01. The second-order valence-corrected chi connectivity index (χ2v) is 4.91. The minimum Gasteiger partial charge on any atom is -0.465 e. The molecule has 2 rings (SSSR count). The zero-order chi connectivity index (χ0) is 13.2. The highest BCUT2D eigenvalue weighted by Gasteiger charge is 2.48. The van der Waals surface area contributed by atoms with E-state index in [-0.39, 0.29) is 12.5 Å². The Hall–Kier alpha value is -1.55. The van der Waals surface area contributed by atoms with Crippen molar-refractivity contribution in [2.75, 3.05) is 13.2 Å². The van der Waals surface area contributed by atoms with Crippen LogP contribution in [-0.4, -0.2) is 34.4 Å². The molecule has 0 aliphatic carbocycles. The Morgan fingerprint density at radius 1 is 1.44 bits per heavy atom. The number of likely N-dealkylation sites (tertiary alicyclic amines) is 1. The number of benzene rings is 1. The van der Waals surface area contributed by atoms with Crippen LogP contribution in [0.15, 0.2) is 30.3 Å². The molecule has 0 spiro atoms. The maximum absolute atomic E-state index is 11.5. The fourth-order valence-corrected chi connectivity index (χ4v) is 3.08. The average molecular weight is 249 g/mol. The van der Waals surface area contributed by atoms with Crippen molar-refractivity contribution in [3.63, 3.8) is 0 Å². The zero-order valence-electron chi connectivity index (χ0n) is 10.5. The second-order valence-electron chi connectivity index (χ2n) is 4.91. The summed E-state index contributed by atoms with van der Waals surface area (Å²) >= 11 is 0. The van der Waals surface area contributed by atoms with Gasteiger partial charge >= 0.3 is 6.09 Å². The third kappa shape index (κ3) is 1.86. The Bertz CT molecular complexity index is 420. The van der Waals surface area contributed by atoms with Crippen molar-refractivity contribution < 1.29 is 15.0 Å². The van der Waals surface area contributed by atoms with Crippen LogP contribution in [0.3, 0.4) is 0 Å². The maximum atomic E-state index is 11.5. The lowest BCUT2D eigenvalue weighted by molar-refractivity contribution is 0.0441. The predicted molar refractivity (Wildman–Crippen MR) is 68.3 cm³/mol. The zero-order valence-corrected chi connectivity index (χ0v) is 10.5. The fourth-order valence-electron chi connectivity index (χ4n) is 3.08. The van der Waals surface area contributed by atoms with Crippen LogP contribution < -0.4 is 0 Å². The number of carboxylic acid groups (broad SMARTS) is 1. The van der Waals surface area contributed by atoms with E-state index in [0.717, 1.165) is 18.4 Å². The Balaban J connectivity index is 2.50. The molecule has 98 valence electrons. The molecule has 1 aliphatic heterocycles. The first kappa shape index (κ1) is 12.9. The van der Waals surface area contributed by atoms with Crippen LogP contribution in [0.2, 0.25) is 0 Å². The predicted octanol–water partition coefficient (Wildman–Crippen LogP) is 2.28. The van der Waals surface area contributed by atoms with Crippen LogP contribution in [-0.2, 0) is 5.54 Å². The van der Waals surface area contributed by atoms with Crippen molar-refractivity contribution in [1.29, 1.82) is 0 Å². The average Bonchev–Trinajstić information content (AvgIpc) is 2.84. The van der Waals surface area contributed by atoms with Crippen molar-refractivity contribution in [1.82, 2.24) is 4.90 Å². The van der Waals surface area contributed by atoms with E-state index in [4.69, 9.17) is 0 Å². The van der Waals surface area contributed by atoms with Gasteiger partial charge in [0.1, 0.15) is 0 Å². The van der Waals surface area contributed by atoms with E-state index >= 15 is 0 Å². The molecule has 18 heavy (non-hydrogen) atoms. The van der Waals surface area contributed by atoms with Gasteiger partial charge < -0.3 is 10.2 Å². The number of aliphatic hydroxyl groups is 1. The lowest BCUT2D eigenvalue weighted by atomic mass is 9.77. The molecular weight excluding hydrogens is 230 g/mol. The standard InChI is InChI=1S/C14H19NO3/c1-11(10-16)14(12-6-3-2-4-7-12)8-5-9-15(14)13(17)18/h2-4,6-7,11,16H,5,8-10H2,1H3,(H,17,18). The third-order valence-corrected chi connectivity index (χ3v) is 4.01. The largest absolute Gasteiger partial charge is 0.465 e. The Morgan fingerprint density at radius 2 is 2.11 bits per heavy atom. The number of aliphatic hydroxyl groups excluding tert-OH is 1. The molecule has 1 heterocycles. The summed E-state index contributed by atoms with van der Waals surface area (Å²) in [4.78, 5) is 12.9. The van der Waals surface area contributed by atoms with Crippen molar-refractivity contribution >= 4 is 6.09 Å². The molecule has 1 aromatic rings. The molecule has 0 saturated carbocycles. The summed E-state index contributed by atoms with van der Waals surface area (Å²) in [6, 6.07) is 9.65. The summed E-state index contributed by atoms with van der Waals surface area (Å²) in [5.41, 5.74) is 0.397. The normalized spacial score (nSPS) is 25.1. The highest BCUT2D eigenvalue weighted by atomic mass is 16.4. The molecule has 4 heteroatoms. The molecule has 1 saturated heterocycles. The number of carbonyl (C=O) groups is 1. The minimum atomic E-state index is -0.906. The molecule has 4 nitrogen and oxygen atoms in total. The molecule has 0 bridgehead atoms. The van der Waals surface area contributed by atoms with Gasteiger partial charge in [-0.25, -0.2) is 4.79 Å². The van der Waals surface area contributed by atoms with Crippen molar-refractivity contribution in [2.24, 2.45) is 5.92 Å². The van der Waals surface area contributed by atoms with Gasteiger partial charge in [0, 0.05) is 19.1 Å². The van der Waals surface area contributed by atoms with Crippen LogP contribution in [0, 0.1) is 5.92 Å². The quantitative estimate of drug-likeness (QED) is 0.864. The number of amides is 1. The van der Waals surface area contributed by atoms with Gasteiger partial charge in [-0.2, -0.15) is 0 Å². The van der Waals surface area contributed by atoms with Gasteiger partial charge in [0.2, 0.25) is 0 Å². The molecule has 0 aromatic heterocycles. The van der Waals surface area contributed by atoms with Gasteiger partial charge in [-0.05, 0) is 18.4 Å². The van der Waals surface area contributed by atoms with Gasteiger partial charge in [-0.15, -0.1) is 0 Å². The van der Waals surface area contributed by atoms with Crippen molar-refractivity contribution in [3.05, 3.63) is 35.9 Å². The Labute approximate surface area is 107 Å². The van der Waals surface area contributed by atoms with Gasteiger partial charge in [0.15, 0.2) is 0 Å². The van der Waals surface area contributed by atoms with Crippen LogP contribution >= 0.6 is 0 Å². The molecular formula is C14H19NO3. The number of rotatable bonds is 3. The first-order valence-corrected chi connectivity index (χ1v) is 6.30. The first-order valence-electron chi connectivity index (χ1n) is 6.30. The van der Waals surface area contributed by atoms with E-state index in [2.05, 4.69) is 0 Å². The second kappa shape index (κ2) is 4.98. The van der Waals surface area contributed by atoms with Crippen LogP contribution in [0.4, 0.5) is 4.79 Å². The number of nitrogens with zero attached hydrogens (tertiary/aromatic N) is 1. The highest BCUT2D eigenvalue weighted by Crippen LogP contribution is 2.44. The lowest BCUT2D eigenvalue weighted by Crippen LogP contribution is -2.49. The van der Waals surface area contributed by atoms with Crippen molar-refractivity contribution in [3.8, 4) is 0 Å². The topological polar surface area (TPSA) is 60.8 Å². The molecule has 1 aromatic carbocycles. The molecule has 2 unspecified atom stereocenters. The first-order chi connectivity index (χ1) is 8.63. The molecule has 1 aliphatic rings. The fraction of sp³-hybridized carbons (Fsp3) is 0.500. The Kier molecular flexibility index (Phi) is 3.57. The molecule has 0 radical (unpaired) electrons. The van der Waals surface area contributed by atoms with Crippen LogP contribution in [0.25, 0.3) is 0 Å². The van der Waals surface area contributed by atoms with E-state index in [1.165, 1.54) is 4.90 Å². The molecule has 2 atom stereocenters. The van der Waals surface area contributed by atoms with E-state index in [9.17, 15) is 15.0 Å². The van der Waals surface area contributed by atoms with E-state index < -0.39 is 11.6 Å². The van der Waals surface area contributed by atoms with Gasteiger partial charge in [0.05, 0.1) is 5.54 Å². The van der Waals surface area contributed by atoms with Crippen LogP contribution in [0.5, 0.6) is 0 Å². The SMILES string of the molecule is CC(CO)C1(c2ccccc2)CCCN1C(=O)O. The Morgan fingerprint density at radius 3 is 2.67 bits per heavy atom. The van der Waals surface area contributed by atoms with Gasteiger partial charge in [-0.1, -0.05) is 37.3 Å². The molecule has 1 amide bonds. The highest BCUT2D eigenvalue weighted by molar-refractivity contribution is 5.67. The smallest absolute Gasteiger partial charge is 0.408 e. The molecule has 1 fully saturated rings. The summed E-state index contributed by atoms with van der Waals surface area (Å²) in [5, 5.41) is 18.9. The van der Waals surface area contributed by atoms with Gasteiger partial charge in [0.25, 0.3) is 0 Å². The lowest BCUT2D eigenvalue weighted by Gasteiger charge is -2.41. The number of hydrogen-bond acceptors (Lipinski definition) is 2. The van der Waals surface area contributed by atoms with Gasteiger partial charge in [-0.3, -0.25) is 4.90 Å². The van der Waals surface area contributed by atoms with Crippen LogP contribution in [0.1, 0.15) is 25.3 Å². The van der Waals surface area contributed by atoms with E-state index in [1.807, 2.05) is 37.3 Å². The van der Waals surface area contributed by atoms with E-state index in [0.29, 0.717) is 6.54 Å². The summed E-state index contributed by atoms with van der Waals surface area (Å²) in [6.45, 7) is 2.43. The summed E-state index contributed by atoms with van der Waals surface area (Å²) < 4.78 is 0. The summed E-state index contributed by atoms with van der Waals surface area (Å²) in [6.07, 6.45) is 0.702. The molecule has 2 N–H and O–H groups in total. The monoisotopic (exact) mass is 249 g/mol. The summed E-state index contributed by atoms with van der Waals surface area (Å²) in [5.74, 6) is -0.112. The maximum Gasteiger partial charge on any atom is 0.408 e. The minimum absolute atomic E-state index is 0.0152. The van der Waals surface area contributed by atoms with Crippen molar-refractivity contribution in [2.45, 2.75) is 25.3 Å². The number of hydrogen-bond donors (Lipinski definition) is 2.